The highest BCUT2D eigenvalue weighted by Gasteiger charge is 2.24. The lowest BCUT2D eigenvalue weighted by Crippen LogP contribution is -2.32. The zero-order valence-electron chi connectivity index (χ0n) is 11.4. The molecule has 3 atom stereocenters. The van der Waals surface area contributed by atoms with Gasteiger partial charge < -0.3 is 5.32 Å². The van der Waals surface area contributed by atoms with Gasteiger partial charge in [-0.15, -0.1) is 0 Å². The van der Waals surface area contributed by atoms with Crippen molar-refractivity contribution in [3.8, 4) is 0 Å². The summed E-state index contributed by atoms with van der Waals surface area (Å²) in [4.78, 5) is 4.80. The van der Waals surface area contributed by atoms with Crippen LogP contribution < -0.4 is 5.32 Å². The molecule has 2 rings (SSSR count). The fraction of sp³-hybridized carbons (Fsp3) is 0.929. The Morgan fingerprint density at radius 1 is 1.35 bits per heavy atom. The summed E-state index contributed by atoms with van der Waals surface area (Å²) in [5.74, 6) is 3.61. The van der Waals surface area contributed by atoms with Crippen molar-refractivity contribution in [2.75, 3.05) is 12.3 Å². The van der Waals surface area contributed by atoms with Crippen molar-refractivity contribution in [2.24, 2.45) is 22.7 Å². The lowest BCUT2D eigenvalue weighted by Gasteiger charge is -2.27. The normalized spacial score (nSPS) is 36.5. The minimum Gasteiger partial charge on any atom is -0.361 e. The molecule has 0 aromatic rings. The average Bonchev–Trinajstić information content (AvgIpc) is 2.77. The second-order valence-electron chi connectivity index (χ2n) is 5.97. The van der Waals surface area contributed by atoms with E-state index in [4.69, 9.17) is 4.99 Å². The molecule has 2 fully saturated rings. The largest absolute Gasteiger partial charge is 0.361 e. The van der Waals surface area contributed by atoms with E-state index in [0.29, 0.717) is 12.0 Å². The van der Waals surface area contributed by atoms with Crippen LogP contribution in [0, 0.1) is 17.8 Å². The summed E-state index contributed by atoms with van der Waals surface area (Å²) >= 11 is 1.91. The van der Waals surface area contributed by atoms with Gasteiger partial charge >= 0.3 is 0 Å². The van der Waals surface area contributed by atoms with Crippen LogP contribution in [0.1, 0.15) is 46.5 Å². The number of hydrogen-bond acceptors (Lipinski definition) is 2. The number of thioether (sulfide) groups is 1. The lowest BCUT2D eigenvalue weighted by atomic mass is 9.80. The van der Waals surface area contributed by atoms with E-state index in [1.54, 1.807) is 0 Å². The van der Waals surface area contributed by atoms with E-state index < -0.39 is 0 Å². The summed E-state index contributed by atoms with van der Waals surface area (Å²) in [6.07, 6.45) is 5.63. The molecule has 0 bridgehead atoms. The zero-order valence-corrected chi connectivity index (χ0v) is 12.2. The molecule has 0 aromatic carbocycles. The first-order valence-electron chi connectivity index (χ1n) is 7.10. The van der Waals surface area contributed by atoms with E-state index in [9.17, 15) is 0 Å². The van der Waals surface area contributed by atoms with Crippen molar-refractivity contribution < 1.29 is 0 Å². The van der Waals surface area contributed by atoms with Crippen LogP contribution in [0.2, 0.25) is 0 Å². The van der Waals surface area contributed by atoms with Crippen LogP contribution in [0.15, 0.2) is 4.99 Å². The first-order chi connectivity index (χ1) is 8.16. The number of rotatable bonds is 3. The molecular formula is C14H26N2S. The van der Waals surface area contributed by atoms with Gasteiger partial charge in [0.25, 0.3) is 0 Å². The van der Waals surface area contributed by atoms with Gasteiger partial charge in [0.2, 0.25) is 0 Å². The van der Waals surface area contributed by atoms with E-state index >= 15 is 0 Å². The third-order valence-corrected chi connectivity index (χ3v) is 5.32. The zero-order chi connectivity index (χ0) is 12.3. The number of hydrogen-bond donors (Lipinski definition) is 1. The molecule has 1 saturated heterocycles. The van der Waals surface area contributed by atoms with Gasteiger partial charge in [0.05, 0.1) is 0 Å². The molecule has 0 radical (unpaired) electrons. The third-order valence-electron chi connectivity index (χ3n) is 4.27. The molecule has 0 aromatic heterocycles. The lowest BCUT2D eigenvalue weighted by molar-refractivity contribution is 0.264. The molecule has 1 aliphatic carbocycles. The van der Waals surface area contributed by atoms with Crippen molar-refractivity contribution >= 4 is 16.9 Å². The monoisotopic (exact) mass is 254 g/mol. The minimum absolute atomic E-state index is 0.627. The van der Waals surface area contributed by atoms with Crippen molar-refractivity contribution in [1.29, 1.82) is 0 Å². The molecule has 17 heavy (non-hydrogen) atoms. The van der Waals surface area contributed by atoms with Crippen molar-refractivity contribution in [3.63, 3.8) is 0 Å². The number of nitrogens with zero attached hydrogens (tertiary/aromatic N) is 1. The van der Waals surface area contributed by atoms with Gasteiger partial charge in [-0.3, -0.25) is 4.99 Å². The third kappa shape index (κ3) is 3.64. The predicted molar refractivity (Wildman–Crippen MR) is 77.6 cm³/mol. The maximum absolute atomic E-state index is 4.80. The Labute approximate surface area is 110 Å². The molecule has 1 saturated carbocycles. The first-order valence-corrected chi connectivity index (χ1v) is 8.09. The second-order valence-corrected chi connectivity index (χ2v) is 6.98. The van der Waals surface area contributed by atoms with Crippen molar-refractivity contribution in [1.82, 2.24) is 5.32 Å². The maximum atomic E-state index is 4.80. The molecule has 0 spiro atoms. The first kappa shape index (κ1) is 13.3. The van der Waals surface area contributed by atoms with Crippen LogP contribution >= 0.6 is 11.8 Å². The standard InChI is InChI=1S/C14H26N2S/c1-10(2)13-9-17-14(16-13)15-8-12-7-5-4-6-11(12)3/h10-13H,4-9H2,1-3H3,(H,15,16)/t11?,12?,13-/m1/s1. The van der Waals surface area contributed by atoms with Crippen LogP contribution in [0.25, 0.3) is 0 Å². The fourth-order valence-corrected chi connectivity index (χ4v) is 3.93. The van der Waals surface area contributed by atoms with E-state index in [2.05, 4.69) is 26.1 Å². The van der Waals surface area contributed by atoms with E-state index in [1.807, 2.05) is 11.8 Å². The Kier molecular flexibility index (Phi) is 4.78. The SMILES string of the molecule is CC1CCCCC1CN=C1N[C@@H](C(C)C)CS1. The summed E-state index contributed by atoms with van der Waals surface area (Å²) in [5.41, 5.74) is 0. The quantitative estimate of drug-likeness (QED) is 0.833. The fourth-order valence-electron chi connectivity index (χ4n) is 2.73. The average molecular weight is 254 g/mol. The maximum Gasteiger partial charge on any atom is 0.156 e. The highest BCUT2D eigenvalue weighted by molar-refractivity contribution is 8.14. The molecule has 2 aliphatic rings. The molecule has 1 aliphatic heterocycles. The van der Waals surface area contributed by atoms with Gasteiger partial charge in [0, 0.05) is 18.3 Å². The van der Waals surface area contributed by atoms with Crippen LogP contribution in [0.4, 0.5) is 0 Å². The Hall–Kier alpha value is -0.180. The van der Waals surface area contributed by atoms with Crippen molar-refractivity contribution in [2.45, 2.75) is 52.5 Å². The summed E-state index contributed by atoms with van der Waals surface area (Å²) < 4.78 is 0. The predicted octanol–water partition coefficient (Wildman–Crippen LogP) is 3.53. The van der Waals surface area contributed by atoms with Gasteiger partial charge in [-0.2, -0.15) is 0 Å². The van der Waals surface area contributed by atoms with Crippen LogP contribution in [-0.2, 0) is 0 Å². The Bertz CT molecular complexity index is 275. The number of nitrogens with one attached hydrogen (secondary N) is 1. The van der Waals surface area contributed by atoms with E-state index in [1.165, 1.54) is 36.6 Å². The van der Waals surface area contributed by atoms with Crippen molar-refractivity contribution in [3.05, 3.63) is 0 Å². The second kappa shape index (κ2) is 6.12. The molecule has 2 nitrogen and oxygen atoms in total. The summed E-state index contributed by atoms with van der Waals surface area (Å²) in [5, 5.41) is 4.75. The van der Waals surface area contributed by atoms with Gasteiger partial charge in [0.15, 0.2) is 5.17 Å². The van der Waals surface area contributed by atoms with Crippen LogP contribution in [0.3, 0.4) is 0 Å². The number of amidine groups is 1. The smallest absolute Gasteiger partial charge is 0.156 e. The van der Waals surface area contributed by atoms with Gasteiger partial charge in [0.1, 0.15) is 0 Å². The Balaban J connectivity index is 1.80. The summed E-state index contributed by atoms with van der Waals surface area (Å²) in [6.45, 7) is 8.01. The molecule has 1 N–H and O–H groups in total. The molecule has 1 heterocycles. The highest BCUT2D eigenvalue weighted by atomic mass is 32.2. The number of aliphatic imine (C=N–C) groups is 1. The summed E-state index contributed by atoms with van der Waals surface area (Å²) in [7, 11) is 0. The Morgan fingerprint density at radius 3 is 2.76 bits per heavy atom. The van der Waals surface area contributed by atoms with Gasteiger partial charge in [-0.1, -0.05) is 51.8 Å². The van der Waals surface area contributed by atoms with Gasteiger partial charge in [-0.05, 0) is 24.2 Å². The van der Waals surface area contributed by atoms with Gasteiger partial charge in [-0.25, -0.2) is 0 Å². The topological polar surface area (TPSA) is 24.4 Å². The highest BCUT2D eigenvalue weighted by Crippen LogP contribution is 2.30. The molecule has 2 unspecified atom stereocenters. The Morgan fingerprint density at radius 2 is 2.12 bits per heavy atom. The summed E-state index contributed by atoms with van der Waals surface area (Å²) in [6, 6.07) is 0.627. The van der Waals surface area contributed by atoms with Crippen LogP contribution in [0.5, 0.6) is 0 Å². The molecule has 0 amide bonds. The van der Waals surface area contributed by atoms with E-state index in [-0.39, 0.29) is 0 Å². The molecule has 3 heteroatoms. The minimum atomic E-state index is 0.627. The molecular weight excluding hydrogens is 228 g/mol. The van der Waals surface area contributed by atoms with Crippen LogP contribution in [-0.4, -0.2) is 23.5 Å². The molecule has 98 valence electrons. The van der Waals surface area contributed by atoms with E-state index in [0.717, 1.165) is 18.4 Å².